The van der Waals surface area contributed by atoms with Crippen molar-refractivity contribution in [1.29, 1.82) is 0 Å². The summed E-state index contributed by atoms with van der Waals surface area (Å²) in [4.78, 5) is 16.8. The van der Waals surface area contributed by atoms with E-state index < -0.39 is 0 Å². The predicted octanol–water partition coefficient (Wildman–Crippen LogP) is 3.28. The Hall–Kier alpha value is -2.79. The quantitative estimate of drug-likeness (QED) is 0.730. The van der Waals surface area contributed by atoms with Crippen LogP contribution >= 0.6 is 0 Å². The molecule has 0 aliphatic carbocycles. The van der Waals surface area contributed by atoms with Crippen LogP contribution in [-0.2, 0) is 7.05 Å². The summed E-state index contributed by atoms with van der Waals surface area (Å²) in [6.45, 7) is 0.548. The highest BCUT2D eigenvalue weighted by Gasteiger charge is 2.20. The van der Waals surface area contributed by atoms with Crippen molar-refractivity contribution >= 4 is 22.5 Å². The molecular weight excluding hydrogens is 336 g/mol. The van der Waals surface area contributed by atoms with Crippen molar-refractivity contribution in [2.24, 2.45) is 7.05 Å². The number of hydrogen-bond donors (Lipinski definition) is 1. The van der Waals surface area contributed by atoms with Crippen LogP contribution < -0.4 is 10.2 Å². The van der Waals surface area contributed by atoms with Gasteiger partial charge in [0.05, 0.1) is 6.04 Å². The fourth-order valence-corrected chi connectivity index (χ4v) is 3.43. The van der Waals surface area contributed by atoms with Crippen molar-refractivity contribution in [1.82, 2.24) is 14.8 Å². The molecule has 27 heavy (non-hydrogen) atoms. The van der Waals surface area contributed by atoms with Gasteiger partial charge in [0, 0.05) is 56.0 Å². The number of nitrogens with one attached hydrogen (secondary N) is 1. The van der Waals surface area contributed by atoms with Gasteiger partial charge in [0.1, 0.15) is 0 Å². The zero-order chi connectivity index (χ0) is 19.6. The predicted molar refractivity (Wildman–Crippen MR) is 112 cm³/mol. The Morgan fingerprint density at radius 3 is 2.52 bits per heavy atom. The molecule has 142 valence electrons. The number of carbonyl (C=O) groups excluding carboxylic acids is 1. The number of anilines is 1. The first-order chi connectivity index (χ1) is 12.9. The average Bonchev–Trinajstić information content (AvgIpc) is 2.98. The summed E-state index contributed by atoms with van der Waals surface area (Å²) < 4.78 is 2.14. The van der Waals surface area contributed by atoms with Crippen molar-refractivity contribution < 1.29 is 4.79 Å². The first-order valence-electron chi connectivity index (χ1n) is 9.14. The highest BCUT2D eigenvalue weighted by Crippen LogP contribution is 2.28. The van der Waals surface area contributed by atoms with E-state index in [0.717, 1.165) is 5.69 Å². The summed E-state index contributed by atoms with van der Waals surface area (Å²) in [5.74, 6) is -0.0502. The second-order valence-corrected chi connectivity index (χ2v) is 7.35. The Labute approximate surface area is 161 Å². The largest absolute Gasteiger partial charge is 0.378 e. The number of carbonyl (C=O) groups is 1. The monoisotopic (exact) mass is 364 g/mol. The number of hydrogen-bond acceptors (Lipinski definition) is 3. The Morgan fingerprint density at radius 1 is 1.07 bits per heavy atom. The van der Waals surface area contributed by atoms with Crippen molar-refractivity contribution in [3.05, 3.63) is 65.9 Å². The normalized spacial score (nSPS) is 12.4. The second-order valence-electron chi connectivity index (χ2n) is 7.35. The third-order valence-electron chi connectivity index (χ3n) is 4.99. The van der Waals surface area contributed by atoms with Crippen LogP contribution in [0.25, 0.3) is 10.9 Å². The molecule has 1 amide bonds. The number of likely N-dealkylation sites (N-methyl/N-ethyl adjacent to an activating group) is 1. The van der Waals surface area contributed by atoms with Gasteiger partial charge in [-0.15, -0.1) is 0 Å². The molecule has 3 rings (SSSR count). The highest BCUT2D eigenvalue weighted by molar-refractivity contribution is 5.95. The minimum atomic E-state index is -0.0502. The zero-order valence-corrected chi connectivity index (χ0v) is 16.7. The molecule has 0 saturated heterocycles. The van der Waals surface area contributed by atoms with Crippen LogP contribution in [0, 0.1) is 0 Å². The molecule has 0 fully saturated rings. The molecule has 5 nitrogen and oxygen atoms in total. The molecule has 2 aromatic carbocycles. The van der Waals surface area contributed by atoms with E-state index in [2.05, 4.69) is 52.3 Å². The van der Waals surface area contributed by atoms with Crippen LogP contribution in [0.3, 0.4) is 0 Å². The van der Waals surface area contributed by atoms with Crippen LogP contribution in [0.5, 0.6) is 0 Å². The van der Waals surface area contributed by atoms with Crippen molar-refractivity contribution in [3.8, 4) is 0 Å². The first kappa shape index (κ1) is 19.0. The molecule has 3 aromatic rings. The molecule has 0 spiro atoms. The number of fused-ring (bicyclic) bond motifs is 1. The van der Waals surface area contributed by atoms with Gasteiger partial charge in [0.15, 0.2) is 0 Å². The fraction of sp³-hybridized carbons (Fsp3) is 0.318. The van der Waals surface area contributed by atoms with Gasteiger partial charge in [-0.25, -0.2) is 0 Å². The molecule has 0 radical (unpaired) electrons. The molecule has 0 bridgehead atoms. The number of rotatable bonds is 6. The van der Waals surface area contributed by atoms with Crippen molar-refractivity contribution in [2.45, 2.75) is 6.04 Å². The Kier molecular flexibility index (Phi) is 5.51. The van der Waals surface area contributed by atoms with Gasteiger partial charge in [-0.1, -0.05) is 24.3 Å². The minimum absolute atomic E-state index is 0.0502. The summed E-state index contributed by atoms with van der Waals surface area (Å²) in [7, 11) is 10.1. The minimum Gasteiger partial charge on any atom is -0.378 e. The standard InChI is InChI=1S/C22H28N4O/c1-24(2)17-10-8-9-16(13-17)22(27)23-14-21(25(3)4)19-15-26(5)20-12-7-6-11-18(19)20/h6-13,15,21H,14H2,1-5H3,(H,23,27)/t21-/m0/s1. The van der Waals surface area contributed by atoms with Gasteiger partial charge in [0.2, 0.25) is 0 Å². The van der Waals surface area contributed by atoms with E-state index in [0.29, 0.717) is 12.1 Å². The molecular formula is C22H28N4O. The molecule has 1 heterocycles. The summed E-state index contributed by atoms with van der Waals surface area (Å²) in [6, 6.07) is 16.1. The lowest BCUT2D eigenvalue weighted by molar-refractivity contribution is 0.0942. The molecule has 0 aliphatic rings. The van der Waals surface area contributed by atoms with Crippen LogP contribution in [0.15, 0.2) is 54.7 Å². The van der Waals surface area contributed by atoms with Gasteiger partial charge in [-0.2, -0.15) is 0 Å². The second kappa shape index (κ2) is 7.84. The third-order valence-corrected chi connectivity index (χ3v) is 4.99. The van der Waals surface area contributed by atoms with Gasteiger partial charge in [0.25, 0.3) is 5.91 Å². The van der Waals surface area contributed by atoms with E-state index >= 15 is 0 Å². The molecule has 0 unspecified atom stereocenters. The summed E-state index contributed by atoms with van der Waals surface area (Å²) >= 11 is 0. The summed E-state index contributed by atoms with van der Waals surface area (Å²) in [5.41, 5.74) is 4.11. The number of amides is 1. The SMILES string of the molecule is CN(C)c1cccc(C(=O)NC[C@@H](c2cn(C)c3ccccc23)N(C)C)c1. The van der Waals surface area contributed by atoms with Crippen LogP contribution in [0.2, 0.25) is 0 Å². The molecule has 1 aromatic heterocycles. The van der Waals surface area contributed by atoms with Crippen LogP contribution in [-0.4, -0.2) is 50.1 Å². The maximum absolute atomic E-state index is 12.7. The van der Waals surface area contributed by atoms with Gasteiger partial charge in [-0.05, 0) is 43.9 Å². The molecule has 0 aliphatic heterocycles. The number of aryl methyl sites for hydroxylation is 1. The van der Waals surface area contributed by atoms with Crippen molar-refractivity contribution in [3.63, 3.8) is 0 Å². The van der Waals surface area contributed by atoms with E-state index in [1.165, 1.54) is 16.5 Å². The maximum atomic E-state index is 12.7. The maximum Gasteiger partial charge on any atom is 0.251 e. The van der Waals surface area contributed by atoms with Crippen LogP contribution in [0.1, 0.15) is 22.0 Å². The lowest BCUT2D eigenvalue weighted by atomic mass is 10.0. The highest BCUT2D eigenvalue weighted by atomic mass is 16.1. The Balaban J connectivity index is 1.81. The van der Waals surface area contributed by atoms with Crippen molar-refractivity contribution in [2.75, 3.05) is 39.6 Å². The lowest BCUT2D eigenvalue weighted by Gasteiger charge is -2.24. The molecule has 1 N–H and O–H groups in total. The topological polar surface area (TPSA) is 40.5 Å². The fourth-order valence-electron chi connectivity index (χ4n) is 3.43. The van der Waals surface area contributed by atoms with Gasteiger partial charge in [-0.3, -0.25) is 4.79 Å². The van der Waals surface area contributed by atoms with E-state index in [4.69, 9.17) is 0 Å². The third kappa shape index (κ3) is 3.98. The first-order valence-corrected chi connectivity index (χ1v) is 9.14. The number of aromatic nitrogens is 1. The molecule has 5 heteroatoms. The summed E-state index contributed by atoms with van der Waals surface area (Å²) in [5, 5.41) is 4.34. The molecule has 1 atom stereocenters. The Morgan fingerprint density at radius 2 is 1.81 bits per heavy atom. The van der Waals surface area contributed by atoms with E-state index in [1.54, 1.807) is 0 Å². The summed E-state index contributed by atoms with van der Waals surface area (Å²) in [6.07, 6.45) is 2.16. The Bertz CT molecular complexity index is 942. The lowest BCUT2D eigenvalue weighted by Crippen LogP contribution is -2.34. The number of benzene rings is 2. The molecule has 0 saturated carbocycles. The number of nitrogens with zero attached hydrogens (tertiary/aromatic N) is 3. The van der Waals surface area contributed by atoms with Gasteiger partial charge >= 0.3 is 0 Å². The van der Waals surface area contributed by atoms with E-state index in [1.807, 2.05) is 57.4 Å². The smallest absolute Gasteiger partial charge is 0.251 e. The van der Waals surface area contributed by atoms with E-state index in [9.17, 15) is 4.79 Å². The van der Waals surface area contributed by atoms with Crippen LogP contribution in [0.4, 0.5) is 5.69 Å². The van der Waals surface area contributed by atoms with E-state index in [-0.39, 0.29) is 11.9 Å². The zero-order valence-electron chi connectivity index (χ0n) is 16.7. The van der Waals surface area contributed by atoms with Gasteiger partial charge < -0.3 is 19.7 Å². The average molecular weight is 364 g/mol. The number of para-hydroxylation sites is 1.